The molecule has 0 unspecified atom stereocenters. The predicted octanol–water partition coefficient (Wildman–Crippen LogP) is 3.14. The fourth-order valence-electron chi connectivity index (χ4n) is 2.50. The number of halogens is 1. The van der Waals surface area contributed by atoms with Crippen molar-refractivity contribution in [2.45, 2.75) is 51.9 Å². The molecular weight excluding hydrogens is 270 g/mol. The molecule has 0 saturated heterocycles. The molecule has 1 aliphatic rings. The summed E-state index contributed by atoms with van der Waals surface area (Å²) in [5.41, 5.74) is 0. The van der Waals surface area contributed by atoms with Gasteiger partial charge in [0.25, 0.3) is 0 Å². The first kappa shape index (κ1) is 16.3. The second-order valence-corrected chi connectivity index (χ2v) is 7.83. The van der Waals surface area contributed by atoms with E-state index in [0.29, 0.717) is 24.8 Å². The molecule has 1 N–H and O–H groups in total. The number of sulfonamides is 1. The largest absolute Gasteiger partial charge is 0.215 e. The van der Waals surface area contributed by atoms with Gasteiger partial charge in [0.15, 0.2) is 0 Å². The summed E-state index contributed by atoms with van der Waals surface area (Å²) in [5.74, 6) is 2.32. The van der Waals surface area contributed by atoms with E-state index in [2.05, 4.69) is 11.6 Å². The molecule has 0 heterocycles. The molecule has 108 valence electrons. The minimum atomic E-state index is -3.07. The van der Waals surface area contributed by atoms with Crippen molar-refractivity contribution >= 4 is 21.6 Å². The molecule has 18 heavy (non-hydrogen) atoms. The minimum Gasteiger partial charge on any atom is -0.215 e. The van der Waals surface area contributed by atoms with Gasteiger partial charge in [-0.25, -0.2) is 13.1 Å². The highest BCUT2D eigenvalue weighted by molar-refractivity contribution is 7.89. The number of rotatable bonds is 8. The highest BCUT2D eigenvalue weighted by atomic mass is 35.5. The van der Waals surface area contributed by atoms with Gasteiger partial charge in [-0.1, -0.05) is 32.6 Å². The summed E-state index contributed by atoms with van der Waals surface area (Å²) in [6.45, 7) is 2.90. The molecule has 1 fully saturated rings. The van der Waals surface area contributed by atoms with Crippen molar-refractivity contribution in [2.75, 3.05) is 18.2 Å². The summed E-state index contributed by atoms with van der Waals surface area (Å²) in [6, 6.07) is 0. The fraction of sp³-hybridized carbons (Fsp3) is 1.00. The average molecular weight is 296 g/mol. The topological polar surface area (TPSA) is 46.2 Å². The highest BCUT2D eigenvalue weighted by Gasteiger charge is 2.18. The van der Waals surface area contributed by atoms with E-state index in [0.717, 1.165) is 18.8 Å². The molecule has 0 bridgehead atoms. The maximum absolute atomic E-state index is 11.6. The molecular formula is C13H26ClNO2S. The van der Waals surface area contributed by atoms with Crippen LogP contribution in [0.1, 0.15) is 51.9 Å². The van der Waals surface area contributed by atoms with Crippen LogP contribution in [0.5, 0.6) is 0 Å². The minimum absolute atomic E-state index is 0.210. The SMILES string of the molecule is CC1CCC(CCNS(=O)(=O)CCCCCl)CC1. The second kappa shape index (κ2) is 8.39. The van der Waals surface area contributed by atoms with Gasteiger partial charge in [0, 0.05) is 12.4 Å². The Labute approximate surface area is 117 Å². The van der Waals surface area contributed by atoms with Crippen molar-refractivity contribution in [1.82, 2.24) is 4.72 Å². The van der Waals surface area contributed by atoms with Gasteiger partial charge in [0.05, 0.1) is 5.75 Å². The molecule has 1 saturated carbocycles. The lowest BCUT2D eigenvalue weighted by Crippen LogP contribution is -2.29. The van der Waals surface area contributed by atoms with Crippen LogP contribution in [0.4, 0.5) is 0 Å². The van der Waals surface area contributed by atoms with E-state index < -0.39 is 10.0 Å². The van der Waals surface area contributed by atoms with Gasteiger partial charge in [0.2, 0.25) is 10.0 Å². The smallest absolute Gasteiger partial charge is 0.211 e. The Hall–Kier alpha value is 0.200. The third-order valence-corrected chi connectivity index (χ3v) is 5.54. The van der Waals surface area contributed by atoms with E-state index in [4.69, 9.17) is 11.6 Å². The Balaban J connectivity index is 2.12. The van der Waals surface area contributed by atoms with Crippen LogP contribution in [0, 0.1) is 11.8 Å². The standard InChI is InChI=1S/C13H26ClNO2S/c1-12-4-6-13(7-5-12)8-10-15-18(16,17)11-3-2-9-14/h12-13,15H,2-11H2,1H3. The summed E-state index contributed by atoms with van der Waals surface area (Å²) in [4.78, 5) is 0. The van der Waals surface area contributed by atoms with Crippen LogP contribution < -0.4 is 4.72 Å². The van der Waals surface area contributed by atoms with E-state index in [-0.39, 0.29) is 5.75 Å². The van der Waals surface area contributed by atoms with E-state index in [1.165, 1.54) is 25.7 Å². The Morgan fingerprint density at radius 3 is 2.44 bits per heavy atom. The van der Waals surface area contributed by atoms with Crippen LogP contribution in [-0.2, 0) is 10.0 Å². The van der Waals surface area contributed by atoms with E-state index in [9.17, 15) is 8.42 Å². The molecule has 1 aliphatic carbocycles. The van der Waals surface area contributed by atoms with Crippen molar-refractivity contribution < 1.29 is 8.42 Å². The quantitative estimate of drug-likeness (QED) is 0.552. The van der Waals surface area contributed by atoms with Gasteiger partial charge in [-0.2, -0.15) is 0 Å². The molecule has 0 amide bonds. The zero-order chi connectivity index (χ0) is 13.4. The third kappa shape index (κ3) is 6.95. The van der Waals surface area contributed by atoms with Crippen molar-refractivity contribution in [3.8, 4) is 0 Å². The first-order chi connectivity index (χ1) is 8.53. The normalized spacial score (nSPS) is 25.2. The summed E-state index contributed by atoms with van der Waals surface area (Å²) >= 11 is 5.53. The molecule has 0 spiro atoms. The first-order valence-corrected chi connectivity index (χ1v) is 9.25. The van der Waals surface area contributed by atoms with Crippen molar-refractivity contribution in [3.63, 3.8) is 0 Å². The zero-order valence-corrected chi connectivity index (χ0v) is 12.9. The molecule has 0 aliphatic heterocycles. The van der Waals surface area contributed by atoms with Crippen LogP contribution in [-0.4, -0.2) is 26.6 Å². The predicted molar refractivity (Wildman–Crippen MR) is 77.5 cm³/mol. The van der Waals surface area contributed by atoms with Crippen molar-refractivity contribution in [1.29, 1.82) is 0 Å². The Bertz CT molecular complexity index is 311. The second-order valence-electron chi connectivity index (χ2n) is 5.52. The van der Waals surface area contributed by atoms with Crippen molar-refractivity contribution in [3.05, 3.63) is 0 Å². The van der Waals surface area contributed by atoms with Gasteiger partial charge in [-0.05, 0) is 31.1 Å². The van der Waals surface area contributed by atoms with Gasteiger partial charge in [-0.15, -0.1) is 11.6 Å². The molecule has 1 rings (SSSR count). The van der Waals surface area contributed by atoms with Gasteiger partial charge in [0.1, 0.15) is 0 Å². The molecule has 0 aromatic rings. The summed E-state index contributed by atoms with van der Waals surface area (Å²) in [6.07, 6.45) is 7.52. The monoisotopic (exact) mass is 295 g/mol. The van der Waals surface area contributed by atoms with Crippen LogP contribution in [0.25, 0.3) is 0 Å². The summed E-state index contributed by atoms with van der Waals surface area (Å²) in [5, 5.41) is 0. The number of nitrogens with one attached hydrogen (secondary N) is 1. The van der Waals surface area contributed by atoms with E-state index in [1.807, 2.05) is 0 Å². The lowest BCUT2D eigenvalue weighted by atomic mass is 9.81. The third-order valence-electron chi connectivity index (χ3n) is 3.81. The maximum Gasteiger partial charge on any atom is 0.211 e. The molecule has 3 nitrogen and oxygen atoms in total. The molecule has 5 heteroatoms. The summed E-state index contributed by atoms with van der Waals surface area (Å²) in [7, 11) is -3.07. The molecule has 0 aromatic heterocycles. The van der Waals surface area contributed by atoms with Gasteiger partial charge >= 0.3 is 0 Å². The number of hydrogen-bond acceptors (Lipinski definition) is 2. The number of unbranched alkanes of at least 4 members (excludes halogenated alkanes) is 1. The van der Waals surface area contributed by atoms with Crippen LogP contribution in [0.2, 0.25) is 0 Å². The molecule has 0 radical (unpaired) electrons. The highest BCUT2D eigenvalue weighted by Crippen LogP contribution is 2.29. The lowest BCUT2D eigenvalue weighted by molar-refractivity contribution is 0.278. The average Bonchev–Trinajstić information content (AvgIpc) is 2.32. The van der Waals surface area contributed by atoms with E-state index in [1.54, 1.807) is 0 Å². The lowest BCUT2D eigenvalue weighted by Gasteiger charge is -2.26. The van der Waals surface area contributed by atoms with Crippen molar-refractivity contribution in [2.24, 2.45) is 11.8 Å². The molecule has 0 aromatic carbocycles. The summed E-state index contributed by atoms with van der Waals surface area (Å²) < 4.78 is 26.0. The number of hydrogen-bond donors (Lipinski definition) is 1. The maximum atomic E-state index is 11.6. The van der Waals surface area contributed by atoms with Crippen LogP contribution in [0.3, 0.4) is 0 Å². The van der Waals surface area contributed by atoms with Crippen LogP contribution in [0.15, 0.2) is 0 Å². The Morgan fingerprint density at radius 1 is 1.17 bits per heavy atom. The van der Waals surface area contributed by atoms with E-state index >= 15 is 0 Å². The number of alkyl halides is 1. The first-order valence-electron chi connectivity index (χ1n) is 7.07. The molecule has 0 atom stereocenters. The zero-order valence-electron chi connectivity index (χ0n) is 11.3. The Morgan fingerprint density at radius 2 is 1.83 bits per heavy atom. The Kier molecular flexibility index (Phi) is 7.57. The van der Waals surface area contributed by atoms with Crippen LogP contribution >= 0.6 is 11.6 Å². The van der Waals surface area contributed by atoms with Gasteiger partial charge in [-0.3, -0.25) is 0 Å². The fourth-order valence-corrected chi connectivity index (χ4v) is 3.84. The van der Waals surface area contributed by atoms with Gasteiger partial charge < -0.3 is 0 Å².